The summed E-state index contributed by atoms with van der Waals surface area (Å²) in [6, 6.07) is 12.9. The third-order valence-corrected chi connectivity index (χ3v) is 6.71. The molecule has 2 aliphatic rings. The van der Waals surface area contributed by atoms with Crippen molar-refractivity contribution in [1.29, 1.82) is 0 Å². The zero-order valence-corrected chi connectivity index (χ0v) is 18.3. The van der Waals surface area contributed by atoms with E-state index in [1.165, 1.54) is 31.9 Å². The Morgan fingerprint density at radius 2 is 1.93 bits per heavy atom. The number of halogens is 1. The summed E-state index contributed by atoms with van der Waals surface area (Å²) in [5.41, 5.74) is 4.94. The topological polar surface area (TPSA) is 25.4 Å². The van der Waals surface area contributed by atoms with Crippen molar-refractivity contribution in [1.82, 2.24) is 9.88 Å². The first-order valence-corrected chi connectivity index (χ1v) is 11.1. The molecule has 0 spiro atoms. The Morgan fingerprint density at radius 1 is 1.14 bits per heavy atom. The van der Waals surface area contributed by atoms with Crippen molar-refractivity contribution >= 4 is 40.4 Å². The fourth-order valence-electron chi connectivity index (χ4n) is 4.17. The number of ether oxygens (including phenoxy) is 1. The van der Waals surface area contributed by atoms with Gasteiger partial charge in [0.15, 0.2) is 0 Å². The Morgan fingerprint density at radius 3 is 2.69 bits per heavy atom. The molecule has 0 saturated carbocycles. The van der Waals surface area contributed by atoms with Gasteiger partial charge in [-0.1, -0.05) is 0 Å². The maximum absolute atomic E-state index is 6.42. The molecule has 1 aromatic carbocycles. The van der Waals surface area contributed by atoms with E-state index < -0.39 is 0 Å². The maximum atomic E-state index is 6.42. The standard InChI is InChI=1S/C23H22BClN2OS/c1-23(2,3)28-22-24-21-18(13-19(29-21)14-6-9-26-10-7-14)20-17-5-4-16(25)12-15(17)8-11-27(20)22/h4-7,9-10,12-13,20H,8,11H2,1-3H3. The summed E-state index contributed by atoms with van der Waals surface area (Å²) in [4.78, 5) is 7.83. The number of rotatable bonds is 2. The molecule has 1 unspecified atom stereocenters. The molecule has 0 saturated heterocycles. The van der Waals surface area contributed by atoms with Gasteiger partial charge in [-0.05, 0) is 0 Å². The van der Waals surface area contributed by atoms with Gasteiger partial charge in [-0.2, -0.15) is 0 Å². The Hall–Kier alpha value is -2.11. The third-order valence-electron chi connectivity index (χ3n) is 5.33. The van der Waals surface area contributed by atoms with Gasteiger partial charge in [0.25, 0.3) is 0 Å². The molecule has 3 nitrogen and oxygen atoms in total. The second-order valence-electron chi connectivity index (χ2n) is 8.55. The second-order valence-corrected chi connectivity index (χ2v) is 10.1. The average Bonchev–Trinajstić information content (AvgIpc) is 3.11. The minimum atomic E-state index is -0.251. The summed E-state index contributed by atoms with van der Waals surface area (Å²) in [7, 11) is 0. The van der Waals surface area contributed by atoms with Crippen LogP contribution in [0.4, 0.5) is 0 Å². The Labute approximate surface area is 181 Å². The first kappa shape index (κ1) is 18.9. The average molecular weight is 421 g/mol. The molecule has 2 aromatic heterocycles. The van der Waals surface area contributed by atoms with Gasteiger partial charge in [-0.15, -0.1) is 0 Å². The number of aromatic nitrogens is 1. The summed E-state index contributed by atoms with van der Waals surface area (Å²) in [5, 5.41) is 0.803. The molecule has 0 N–H and O–H groups in total. The first-order valence-electron chi connectivity index (χ1n) is 9.89. The van der Waals surface area contributed by atoms with Crippen LogP contribution in [0.3, 0.4) is 0 Å². The van der Waals surface area contributed by atoms with Crippen LogP contribution < -0.4 is 4.78 Å². The van der Waals surface area contributed by atoms with Gasteiger partial charge in [0, 0.05) is 0 Å². The SMILES string of the molecule is CC(C)(C)OC1=Bc2sc(-c3ccncc3)cc2C2c3ccc(Cl)cc3CCN12. The van der Waals surface area contributed by atoms with E-state index in [1.807, 2.05) is 29.8 Å². The van der Waals surface area contributed by atoms with Gasteiger partial charge in [-0.3, -0.25) is 0 Å². The third kappa shape index (κ3) is 3.51. The van der Waals surface area contributed by atoms with Crippen LogP contribution in [0.15, 0.2) is 48.8 Å². The molecular formula is C23H22BClN2OS. The van der Waals surface area contributed by atoms with Crippen molar-refractivity contribution in [3.05, 3.63) is 70.5 Å². The van der Waals surface area contributed by atoms with Crippen LogP contribution in [0.5, 0.6) is 0 Å². The van der Waals surface area contributed by atoms with Gasteiger partial charge in [-0.25, -0.2) is 0 Å². The monoisotopic (exact) mass is 420 g/mol. The molecule has 0 amide bonds. The van der Waals surface area contributed by atoms with Crippen LogP contribution >= 0.6 is 22.9 Å². The number of thiophene rings is 1. The summed E-state index contributed by atoms with van der Waals surface area (Å²) in [5.74, 6) is 0.957. The van der Waals surface area contributed by atoms with Gasteiger partial charge >= 0.3 is 181 Å². The molecule has 4 heterocycles. The molecule has 5 rings (SSSR count). The normalized spacial score (nSPS) is 17.6. The van der Waals surface area contributed by atoms with Crippen molar-refractivity contribution in [2.45, 2.75) is 38.8 Å². The Bertz CT molecular complexity index is 1100. The van der Waals surface area contributed by atoms with Crippen molar-refractivity contribution in [2.24, 2.45) is 0 Å². The summed E-state index contributed by atoms with van der Waals surface area (Å²) < 4.78 is 7.68. The fraction of sp³-hybridized carbons (Fsp3) is 0.304. The Balaban J connectivity index is 1.67. The van der Waals surface area contributed by atoms with Gasteiger partial charge in [0.1, 0.15) is 0 Å². The Kier molecular flexibility index (Phi) is 4.56. The zero-order chi connectivity index (χ0) is 20.2. The van der Waals surface area contributed by atoms with Crippen LogP contribution in [-0.2, 0) is 11.2 Å². The first-order chi connectivity index (χ1) is 13.9. The quantitative estimate of drug-likeness (QED) is 0.564. The molecule has 6 heteroatoms. The van der Waals surface area contributed by atoms with E-state index in [0.717, 1.165) is 23.8 Å². The molecule has 29 heavy (non-hydrogen) atoms. The zero-order valence-electron chi connectivity index (χ0n) is 16.8. The van der Waals surface area contributed by atoms with Gasteiger partial charge in [0.2, 0.25) is 0 Å². The van der Waals surface area contributed by atoms with Crippen molar-refractivity contribution in [3.63, 3.8) is 0 Å². The van der Waals surface area contributed by atoms with E-state index in [4.69, 9.17) is 16.3 Å². The molecule has 1 atom stereocenters. The van der Waals surface area contributed by atoms with E-state index >= 15 is 0 Å². The molecular weight excluding hydrogens is 399 g/mol. The number of benzene rings is 1. The predicted molar refractivity (Wildman–Crippen MR) is 122 cm³/mol. The van der Waals surface area contributed by atoms with E-state index in [-0.39, 0.29) is 11.6 Å². The number of fused-ring (bicyclic) bond motifs is 5. The second kappa shape index (κ2) is 7.00. The number of hydrogen-bond acceptors (Lipinski definition) is 4. The van der Waals surface area contributed by atoms with E-state index in [0.29, 0.717) is 0 Å². The molecule has 0 aliphatic carbocycles. The van der Waals surface area contributed by atoms with Gasteiger partial charge < -0.3 is 0 Å². The minimum absolute atomic E-state index is 0.153. The van der Waals surface area contributed by atoms with E-state index in [9.17, 15) is 0 Å². The molecule has 0 bridgehead atoms. The van der Waals surface area contributed by atoms with Crippen molar-refractivity contribution in [2.75, 3.05) is 6.54 Å². The molecule has 0 radical (unpaired) electrons. The molecule has 2 aliphatic heterocycles. The summed E-state index contributed by atoms with van der Waals surface area (Å²) >= 11 is 8.11. The fourth-order valence-corrected chi connectivity index (χ4v) is 5.49. The van der Waals surface area contributed by atoms with Crippen LogP contribution in [0.25, 0.3) is 10.4 Å². The van der Waals surface area contributed by atoms with Crippen molar-refractivity contribution < 1.29 is 4.74 Å². The van der Waals surface area contributed by atoms with Crippen LogP contribution in [0, 0.1) is 0 Å². The molecule has 3 aromatic rings. The summed E-state index contributed by atoms with van der Waals surface area (Å²) in [6.07, 6.45) is 4.67. The number of hydrogen-bond donors (Lipinski definition) is 0. The molecule has 0 fully saturated rings. The van der Waals surface area contributed by atoms with Crippen LogP contribution in [0.2, 0.25) is 5.02 Å². The number of nitrogens with zero attached hydrogens (tertiary/aromatic N) is 2. The van der Waals surface area contributed by atoms with Crippen molar-refractivity contribution in [3.8, 4) is 10.4 Å². The predicted octanol–water partition coefficient (Wildman–Crippen LogP) is 4.66. The van der Waals surface area contributed by atoms with Crippen LogP contribution in [0.1, 0.15) is 43.5 Å². The van der Waals surface area contributed by atoms with E-state index in [2.05, 4.69) is 67.9 Å². The van der Waals surface area contributed by atoms with Crippen LogP contribution in [-0.4, -0.2) is 34.7 Å². The molecule has 146 valence electrons. The summed E-state index contributed by atoms with van der Waals surface area (Å²) in [6.45, 7) is 9.44. The van der Waals surface area contributed by atoms with Gasteiger partial charge in [0.05, 0.1) is 0 Å². The van der Waals surface area contributed by atoms with E-state index in [1.54, 1.807) is 0 Å². The number of pyridine rings is 1.